The summed E-state index contributed by atoms with van der Waals surface area (Å²) >= 11 is 13.1. The van der Waals surface area contributed by atoms with Gasteiger partial charge in [0.25, 0.3) is 0 Å². The van der Waals surface area contributed by atoms with Crippen molar-refractivity contribution in [1.82, 2.24) is 4.57 Å². The molecule has 0 aliphatic carbocycles. The molecule has 148 valence electrons. The zero-order valence-corrected chi connectivity index (χ0v) is 18.0. The minimum Gasteiger partial charge on any atom is -0.309 e. The van der Waals surface area contributed by atoms with E-state index in [4.69, 9.17) is 23.2 Å². The minimum atomic E-state index is 0.725. The van der Waals surface area contributed by atoms with Crippen molar-refractivity contribution in [2.45, 2.75) is 0 Å². The highest BCUT2D eigenvalue weighted by Crippen LogP contribution is 2.42. The van der Waals surface area contributed by atoms with Gasteiger partial charge >= 0.3 is 0 Å². The van der Waals surface area contributed by atoms with Gasteiger partial charge in [-0.3, -0.25) is 0 Å². The van der Waals surface area contributed by atoms with Gasteiger partial charge in [0.2, 0.25) is 0 Å². The van der Waals surface area contributed by atoms with E-state index >= 15 is 0 Å². The highest BCUT2D eigenvalue weighted by molar-refractivity contribution is 6.35. The van der Waals surface area contributed by atoms with Crippen molar-refractivity contribution >= 4 is 55.8 Å². The van der Waals surface area contributed by atoms with Crippen LogP contribution in [0.1, 0.15) is 0 Å². The summed E-state index contributed by atoms with van der Waals surface area (Å²) in [6, 6.07) is 35.4. The van der Waals surface area contributed by atoms with Crippen LogP contribution in [0.4, 0.5) is 0 Å². The summed E-state index contributed by atoms with van der Waals surface area (Å²) in [6.07, 6.45) is 0. The van der Waals surface area contributed by atoms with Gasteiger partial charge in [-0.15, -0.1) is 0 Å². The van der Waals surface area contributed by atoms with Crippen LogP contribution in [-0.2, 0) is 0 Å². The molecular weight excluding hydrogens is 421 g/mol. The fourth-order valence-electron chi connectivity index (χ4n) is 4.62. The van der Waals surface area contributed by atoms with Crippen LogP contribution in [0, 0.1) is 0 Å². The number of fused-ring (bicyclic) bond motifs is 5. The van der Waals surface area contributed by atoms with Crippen molar-refractivity contribution in [3.05, 3.63) is 113 Å². The molecule has 0 unspecified atom stereocenters. The first kappa shape index (κ1) is 18.5. The molecule has 1 heterocycles. The van der Waals surface area contributed by atoms with Crippen LogP contribution in [-0.4, -0.2) is 4.57 Å². The molecule has 6 aromatic rings. The van der Waals surface area contributed by atoms with Crippen LogP contribution < -0.4 is 0 Å². The van der Waals surface area contributed by atoms with Crippen LogP contribution in [0.15, 0.2) is 103 Å². The van der Waals surface area contributed by atoms with E-state index in [1.807, 2.05) is 36.4 Å². The molecule has 3 heteroatoms. The fraction of sp³-hybridized carbons (Fsp3) is 0. The zero-order chi connectivity index (χ0) is 20.9. The van der Waals surface area contributed by atoms with Gasteiger partial charge in [-0.25, -0.2) is 0 Å². The number of benzene rings is 5. The van der Waals surface area contributed by atoms with E-state index in [0.717, 1.165) is 37.9 Å². The molecule has 0 saturated carbocycles. The highest BCUT2D eigenvalue weighted by atomic mass is 35.5. The third-order valence-corrected chi connectivity index (χ3v) is 6.48. The Morgan fingerprint density at radius 2 is 1.32 bits per heavy atom. The monoisotopic (exact) mass is 437 g/mol. The Morgan fingerprint density at radius 1 is 0.548 bits per heavy atom. The molecule has 6 rings (SSSR count). The van der Waals surface area contributed by atoms with Crippen LogP contribution >= 0.6 is 23.2 Å². The van der Waals surface area contributed by atoms with Gasteiger partial charge in [-0.2, -0.15) is 0 Å². The van der Waals surface area contributed by atoms with Gasteiger partial charge in [0.15, 0.2) is 0 Å². The lowest BCUT2D eigenvalue weighted by atomic mass is 9.94. The predicted octanol–water partition coefficient (Wildman–Crippen LogP) is 8.91. The van der Waals surface area contributed by atoms with Crippen LogP contribution in [0.3, 0.4) is 0 Å². The van der Waals surface area contributed by atoms with Crippen LogP contribution in [0.25, 0.3) is 49.4 Å². The molecule has 0 spiro atoms. The Labute approximate surface area is 190 Å². The summed E-state index contributed by atoms with van der Waals surface area (Å²) in [7, 11) is 0. The van der Waals surface area contributed by atoms with Gasteiger partial charge in [0, 0.05) is 32.1 Å². The van der Waals surface area contributed by atoms with Crippen molar-refractivity contribution in [1.29, 1.82) is 0 Å². The number of hydrogen-bond acceptors (Lipinski definition) is 0. The molecule has 31 heavy (non-hydrogen) atoms. The summed E-state index contributed by atoms with van der Waals surface area (Å²) < 4.78 is 2.29. The second-order valence-electron chi connectivity index (χ2n) is 7.68. The highest BCUT2D eigenvalue weighted by Gasteiger charge is 2.18. The molecule has 0 amide bonds. The average molecular weight is 438 g/mol. The number of aromatic nitrogens is 1. The van der Waals surface area contributed by atoms with Gasteiger partial charge < -0.3 is 4.57 Å². The Kier molecular flexibility index (Phi) is 4.27. The van der Waals surface area contributed by atoms with E-state index in [1.54, 1.807) is 0 Å². The Balaban J connectivity index is 1.86. The molecule has 5 aromatic carbocycles. The molecule has 0 saturated heterocycles. The lowest BCUT2D eigenvalue weighted by molar-refractivity contribution is 1.18. The van der Waals surface area contributed by atoms with Crippen molar-refractivity contribution in [2.24, 2.45) is 0 Å². The fourth-order valence-corrected chi connectivity index (χ4v) is 5.02. The van der Waals surface area contributed by atoms with E-state index in [9.17, 15) is 0 Å². The quantitative estimate of drug-likeness (QED) is 0.254. The Hall–Kier alpha value is -3.26. The first-order valence-electron chi connectivity index (χ1n) is 10.2. The third kappa shape index (κ3) is 2.85. The van der Waals surface area contributed by atoms with Gasteiger partial charge in [-0.05, 0) is 52.7 Å². The number of rotatable bonds is 2. The second kappa shape index (κ2) is 7.16. The van der Waals surface area contributed by atoms with Crippen molar-refractivity contribution in [3.63, 3.8) is 0 Å². The maximum atomic E-state index is 6.63. The van der Waals surface area contributed by atoms with Crippen molar-refractivity contribution in [2.75, 3.05) is 0 Å². The van der Waals surface area contributed by atoms with E-state index in [0.29, 0.717) is 0 Å². The summed E-state index contributed by atoms with van der Waals surface area (Å²) in [5.41, 5.74) is 5.53. The number of para-hydroxylation sites is 1. The SMILES string of the molecule is Clc1ccc2c3c4c(-c5ccccc5Cl)cccc4ccc3n(-c3ccccc3)c2c1. The Morgan fingerprint density at radius 3 is 2.16 bits per heavy atom. The largest absolute Gasteiger partial charge is 0.309 e. The summed E-state index contributed by atoms with van der Waals surface area (Å²) in [6.45, 7) is 0. The maximum absolute atomic E-state index is 6.63. The lowest BCUT2D eigenvalue weighted by Gasteiger charge is -2.11. The second-order valence-corrected chi connectivity index (χ2v) is 8.52. The zero-order valence-electron chi connectivity index (χ0n) is 16.5. The van der Waals surface area contributed by atoms with Crippen LogP contribution in [0.5, 0.6) is 0 Å². The molecular formula is C28H17Cl2N. The van der Waals surface area contributed by atoms with E-state index in [2.05, 4.69) is 71.3 Å². The smallest absolute Gasteiger partial charge is 0.0556 e. The summed E-state index contributed by atoms with van der Waals surface area (Å²) in [5.74, 6) is 0. The van der Waals surface area contributed by atoms with Gasteiger partial charge in [0.1, 0.15) is 0 Å². The number of nitrogens with zero attached hydrogens (tertiary/aromatic N) is 1. The molecule has 0 bridgehead atoms. The molecule has 0 atom stereocenters. The van der Waals surface area contributed by atoms with Gasteiger partial charge in [-0.1, -0.05) is 89.9 Å². The predicted molar refractivity (Wildman–Crippen MR) is 134 cm³/mol. The molecule has 0 radical (unpaired) electrons. The molecule has 1 aromatic heterocycles. The van der Waals surface area contributed by atoms with Crippen molar-refractivity contribution in [3.8, 4) is 16.8 Å². The van der Waals surface area contributed by atoms with E-state index in [-0.39, 0.29) is 0 Å². The molecule has 0 N–H and O–H groups in total. The summed E-state index contributed by atoms with van der Waals surface area (Å²) in [5, 5.41) is 6.25. The number of hydrogen-bond donors (Lipinski definition) is 0. The molecule has 1 nitrogen and oxygen atoms in total. The Bertz CT molecular complexity index is 1600. The third-order valence-electron chi connectivity index (χ3n) is 5.91. The number of halogens is 2. The standard InChI is InChI=1S/C28H17Cl2N/c29-19-14-15-23-26(17-19)31(20-8-2-1-3-9-20)25-16-13-18-7-6-11-22(27(18)28(23)25)21-10-4-5-12-24(21)30/h1-17H. The molecule has 0 aliphatic rings. The van der Waals surface area contributed by atoms with Crippen LogP contribution in [0.2, 0.25) is 10.0 Å². The minimum absolute atomic E-state index is 0.725. The van der Waals surface area contributed by atoms with E-state index < -0.39 is 0 Å². The summed E-state index contributed by atoms with van der Waals surface area (Å²) in [4.78, 5) is 0. The first-order valence-corrected chi connectivity index (χ1v) is 10.9. The maximum Gasteiger partial charge on any atom is 0.0556 e. The lowest BCUT2D eigenvalue weighted by Crippen LogP contribution is -1.93. The first-order chi connectivity index (χ1) is 15.2. The van der Waals surface area contributed by atoms with Gasteiger partial charge in [0.05, 0.1) is 11.0 Å². The average Bonchev–Trinajstić information content (AvgIpc) is 3.13. The molecule has 0 aliphatic heterocycles. The van der Waals surface area contributed by atoms with E-state index in [1.165, 1.54) is 21.5 Å². The topological polar surface area (TPSA) is 4.93 Å². The molecule has 0 fully saturated rings. The van der Waals surface area contributed by atoms with Crippen molar-refractivity contribution < 1.29 is 0 Å². The normalized spacial score (nSPS) is 11.5.